The Kier molecular flexibility index (Phi) is 8.09. The van der Waals surface area contributed by atoms with Gasteiger partial charge in [-0.2, -0.15) is 0 Å². The van der Waals surface area contributed by atoms with E-state index in [-0.39, 0.29) is 0 Å². The van der Waals surface area contributed by atoms with Crippen LogP contribution in [0.1, 0.15) is 0 Å². The lowest BCUT2D eigenvalue weighted by Crippen LogP contribution is -2.11. The van der Waals surface area contributed by atoms with Crippen LogP contribution in [0.15, 0.2) is 212 Å². The number of nitrogens with zero attached hydrogens (tertiary/aromatic N) is 1. The summed E-state index contributed by atoms with van der Waals surface area (Å²) in [7, 11) is 0. The summed E-state index contributed by atoms with van der Waals surface area (Å²) in [4.78, 5) is 2.42. The van der Waals surface area contributed by atoms with Crippen molar-refractivity contribution < 1.29 is 0 Å². The van der Waals surface area contributed by atoms with E-state index in [9.17, 15) is 0 Å². The van der Waals surface area contributed by atoms with Crippen molar-refractivity contribution in [2.45, 2.75) is 0 Å². The zero-order valence-electron chi connectivity index (χ0n) is 29.6. The van der Waals surface area contributed by atoms with E-state index >= 15 is 0 Å². The molecule has 2 heteroatoms. The third-order valence-electron chi connectivity index (χ3n) is 10.5. The zero-order valence-corrected chi connectivity index (χ0v) is 30.4. The van der Waals surface area contributed by atoms with E-state index < -0.39 is 0 Å². The monoisotopic (exact) mass is 705 g/mol. The molecule has 10 rings (SSSR count). The van der Waals surface area contributed by atoms with Gasteiger partial charge in [-0.05, 0) is 92.2 Å². The number of hydrogen-bond acceptors (Lipinski definition) is 2. The topological polar surface area (TPSA) is 3.24 Å². The predicted molar refractivity (Wildman–Crippen MR) is 233 cm³/mol. The molecule has 9 aromatic carbocycles. The molecule has 0 aliphatic carbocycles. The summed E-state index contributed by atoms with van der Waals surface area (Å²) < 4.78 is 2.59. The maximum atomic E-state index is 2.42. The second-order valence-electron chi connectivity index (χ2n) is 13.7. The van der Waals surface area contributed by atoms with Crippen LogP contribution < -0.4 is 4.90 Å². The average molecular weight is 706 g/mol. The number of benzene rings is 9. The van der Waals surface area contributed by atoms with Gasteiger partial charge in [0.2, 0.25) is 0 Å². The van der Waals surface area contributed by atoms with Gasteiger partial charge in [0, 0.05) is 37.1 Å². The molecular weight excluding hydrogens is 671 g/mol. The number of hydrogen-bond donors (Lipinski definition) is 0. The van der Waals surface area contributed by atoms with E-state index in [0.29, 0.717) is 0 Å². The fourth-order valence-electron chi connectivity index (χ4n) is 7.81. The highest BCUT2D eigenvalue weighted by Crippen LogP contribution is 2.45. The highest BCUT2D eigenvalue weighted by atomic mass is 32.1. The van der Waals surface area contributed by atoms with Crippen molar-refractivity contribution in [3.8, 4) is 44.5 Å². The maximum Gasteiger partial charge on any atom is 0.0540 e. The zero-order chi connectivity index (χ0) is 35.8. The lowest BCUT2D eigenvalue weighted by molar-refractivity contribution is 1.29. The van der Waals surface area contributed by atoms with Crippen LogP contribution in [0.2, 0.25) is 0 Å². The average Bonchev–Trinajstić information content (AvgIpc) is 3.62. The molecule has 0 fully saturated rings. The Balaban J connectivity index is 1.09. The molecule has 0 saturated heterocycles. The van der Waals surface area contributed by atoms with Crippen LogP contribution >= 0.6 is 11.3 Å². The Morgan fingerprint density at radius 1 is 0.296 bits per heavy atom. The van der Waals surface area contributed by atoms with Crippen molar-refractivity contribution in [2.24, 2.45) is 0 Å². The number of rotatable bonds is 7. The predicted octanol–water partition coefficient (Wildman–Crippen LogP) is 15.3. The Morgan fingerprint density at radius 3 is 1.61 bits per heavy atom. The van der Waals surface area contributed by atoms with Gasteiger partial charge in [0.25, 0.3) is 0 Å². The Hall–Kier alpha value is -6.74. The number of para-hydroxylation sites is 1. The minimum atomic E-state index is 1.11. The molecule has 0 bridgehead atoms. The Bertz CT molecular complexity index is 2920. The minimum absolute atomic E-state index is 1.11. The summed E-state index contributed by atoms with van der Waals surface area (Å²) in [5.74, 6) is 0. The first-order valence-electron chi connectivity index (χ1n) is 18.4. The molecule has 1 heterocycles. The summed E-state index contributed by atoms with van der Waals surface area (Å²) in [5.41, 5.74) is 13.0. The van der Waals surface area contributed by atoms with Crippen LogP contribution in [0.3, 0.4) is 0 Å². The van der Waals surface area contributed by atoms with Crippen LogP contribution in [-0.4, -0.2) is 0 Å². The standard InChI is InChI=1S/C52H35NS/c1-2-12-36(13-3-1)37-24-26-38(27-25-37)39-28-30-43(31-29-39)53(44-32-33-49-48-20-7-9-23-51(48)54-52(49)35-44)50-22-8-6-19-47(50)42-17-10-16-41(34-42)46-21-11-15-40-14-4-5-18-45(40)46/h1-35H. The molecule has 0 atom stereocenters. The van der Waals surface area contributed by atoms with Crippen molar-refractivity contribution in [3.05, 3.63) is 212 Å². The van der Waals surface area contributed by atoms with Gasteiger partial charge in [-0.3, -0.25) is 0 Å². The van der Waals surface area contributed by atoms with Crippen molar-refractivity contribution in [1.82, 2.24) is 0 Å². The largest absolute Gasteiger partial charge is 0.310 e. The molecule has 0 N–H and O–H groups in total. The molecule has 1 aromatic heterocycles. The molecule has 0 spiro atoms. The first-order valence-corrected chi connectivity index (χ1v) is 19.2. The van der Waals surface area contributed by atoms with E-state index in [0.717, 1.165) is 17.1 Å². The highest BCUT2D eigenvalue weighted by Gasteiger charge is 2.19. The van der Waals surface area contributed by atoms with Crippen molar-refractivity contribution >= 4 is 59.3 Å². The van der Waals surface area contributed by atoms with Gasteiger partial charge in [-0.25, -0.2) is 0 Å². The van der Waals surface area contributed by atoms with Crippen molar-refractivity contribution in [2.75, 3.05) is 4.90 Å². The fourth-order valence-corrected chi connectivity index (χ4v) is 8.95. The molecule has 0 amide bonds. The molecule has 10 aromatic rings. The van der Waals surface area contributed by atoms with Gasteiger partial charge in [-0.1, -0.05) is 170 Å². The first-order chi connectivity index (χ1) is 26.8. The van der Waals surface area contributed by atoms with Crippen LogP contribution in [-0.2, 0) is 0 Å². The Labute approximate surface area is 319 Å². The quantitative estimate of drug-likeness (QED) is 0.160. The third kappa shape index (κ3) is 5.84. The van der Waals surface area contributed by atoms with Crippen LogP contribution in [0.4, 0.5) is 17.1 Å². The SMILES string of the molecule is c1ccc(-c2ccc(-c3ccc(N(c4ccc5c(c4)sc4ccccc45)c4ccccc4-c4cccc(-c5cccc6ccccc56)c4)cc3)cc2)cc1. The van der Waals surface area contributed by atoms with E-state index in [2.05, 4.69) is 217 Å². The molecular formula is C52H35NS. The molecule has 1 nitrogen and oxygen atoms in total. The third-order valence-corrected chi connectivity index (χ3v) is 11.6. The van der Waals surface area contributed by atoms with Gasteiger partial charge in [-0.15, -0.1) is 11.3 Å². The first kappa shape index (κ1) is 32.0. The van der Waals surface area contributed by atoms with Gasteiger partial charge in [0.1, 0.15) is 0 Å². The maximum absolute atomic E-state index is 2.42. The van der Waals surface area contributed by atoms with E-state index in [1.807, 2.05) is 11.3 Å². The van der Waals surface area contributed by atoms with Gasteiger partial charge >= 0.3 is 0 Å². The number of fused-ring (bicyclic) bond motifs is 4. The molecule has 0 aliphatic rings. The smallest absolute Gasteiger partial charge is 0.0540 e. The van der Waals surface area contributed by atoms with E-state index in [1.54, 1.807) is 0 Å². The van der Waals surface area contributed by atoms with Crippen LogP contribution in [0.5, 0.6) is 0 Å². The second-order valence-corrected chi connectivity index (χ2v) is 14.8. The van der Waals surface area contributed by atoms with Gasteiger partial charge in [0.15, 0.2) is 0 Å². The lowest BCUT2D eigenvalue weighted by atomic mass is 9.94. The molecule has 0 aliphatic heterocycles. The molecule has 0 unspecified atom stereocenters. The lowest BCUT2D eigenvalue weighted by Gasteiger charge is -2.28. The van der Waals surface area contributed by atoms with Crippen LogP contribution in [0.25, 0.3) is 75.5 Å². The highest BCUT2D eigenvalue weighted by molar-refractivity contribution is 7.25. The second kappa shape index (κ2) is 13.7. The molecule has 0 saturated carbocycles. The van der Waals surface area contributed by atoms with Crippen molar-refractivity contribution in [3.63, 3.8) is 0 Å². The summed E-state index contributed by atoms with van der Waals surface area (Å²) in [6, 6.07) is 77.2. The Morgan fingerprint density at radius 2 is 0.815 bits per heavy atom. The molecule has 254 valence electrons. The summed E-state index contributed by atoms with van der Waals surface area (Å²) in [5, 5.41) is 5.12. The van der Waals surface area contributed by atoms with Crippen molar-refractivity contribution in [1.29, 1.82) is 0 Å². The van der Waals surface area contributed by atoms with E-state index in [1.165, 1.54) is 75.5 Å². The van der Waals surface area contributed by atoms with E-state index in [4.69, 9.17) is 0 Å². The molecule has 0 radical (unpaired) electrons. The van der Waals surface area contributed by atoms with Gasteiger partial charge < -0.3 is 4.90 Å². The summed E-state index contributed by atoms with van der Waals surface area (Å²) >= 11 is 1.86. The van der Waals surface area contributed by atoms with Gasteiger partial charge in [0.05, 0.1) is 5.69 Å². The minimum Gasteiger partial charge on any atom is -0.310 e. The van der Waals surface area contributed by atoms with Crippen LogP contribution in [0, 0.1) is 0 Å². The molecule has 54 heavy (non-hydrogen) atoms. The normalized spacial score (nSPS) is 11.3. The number of anilines is 3. The summed E-state index contributed by atoms with van der Waals surface area (Å²) in [6.07, 6.45) is 0. The number of thiophene rings is 1. The summed E-state index contributed by atoms with van der Waals surface area (Å²) in [6.45, 7) is 0. The fraction of sp³-hybridized carbons (Fsp3) is 0.